The summed E-state index contributed by atoms with van der Waals surface area (Å²) in [5.74, 6) is 3.45. The minimum Gasteiger partial charge on any atom is -0.508 e. The molecule has 0 spiro atoms. The van der Waals surface area contributed by atoms with Gasteiger partial charge in [-0.2, -0.15) is 0 Å². The highest BCUT2D eigenvalue weighted by Crippen LogP contribution is 2.55. The van der Waals surface area contributed by atoms with Crippen LogP contribution in [0, 0.1) is 24.7 Å². The van der Waals surface area contributed by atoms with Crippen molar-refractivity contribution in [2.75, 3.05) is 26.9 Å². The smallest absolute Gasteiger partial charge is 0.118 e. The van der Waals surface area contributed by atoms with Crippen molar-refractivity contribution in [3.63, 3.8) is 0 Å². The van der Waals surface area contributed by atoms with Crippen molar-refractivity contribution >= 4 is 0 Å². The molecule has 2 bridgehead atoms. The maximum atomic E-state index is 9.67. The Labute approximate surface area is 127 Å². The van der Waals surface area contributed by atoms with Gasteiger partial charge < -0.3 is 14.6 Å². The van der Waals surface area contributed by atoms with Gasteiger partial charge in [-0.05, 0) is 67.1 Å². The molecule has 0 saturated heterocycles. The number of phenolic OH excluding ortho intramolecular Hbond substituents is 1. The molecule has 4 unspecified atom stereocenters. The molecule has 2 aliphatic rings. The van der Waals surface area contributed by atoms with Crippen LogP contribution in [0.1, 0.15) is 36.3 Å². The normalized spacial score (nSPS) is 31.0. The van der Waals surface area contributed by atoms with Gasteiger partial charge in [-0.1, -0.05) is 12.1 Å². The molecule has 1 N–H and O–H groups in total. The van der Waals surface area contributed by atoms with Crippen LogP contribution in [0.3, 0.4) is 0 Å². The van der Waals surface area contributed by atoms with Gasteiger partial charge in [-0.3, -0.25) is 0 Å². The van der Waals surface area contributed by atoms with Crippen molar-refractivity contribution in [2.24, 2.45) is 17.8 Å². The van der Waals surface area contributed by atoms with Gasteiger partial charge in [0.1, 0.15) is 5.75 Å². The Morgan fingerprint density at radius 3 is 2.67 bits per heavy atom. The molecular formula is C18H26O3. The van der Waals surface area contributed by atoms with Crippen LogP contribution in [0.5, 0.6) is 5.75 Å². The average Bonchev–Trinajstić information content (AvgIpc) is 3.06. The lowest BCUT2D eigenvalue weighted by atomic mass is 9.78. The molecule has 4 atom stereocenters. The Morgan fingerprint density at radius 1 is 1.14 bits per heavy atom. The summed E-state index contributed by atoms with van der Waals surface area (Å²) < 4.78 is 10.7. The first kappa shape index (κ1) is 14.9. The maximum Gasteiger partial charge on any atom is 0.118 e. The van der Waals surface area contributed by atoms with Gasteiger partial charge in [0.25, 0.3) is 0 Å². The fourth-order valence-corrected chi connectivity index (χ4v) is 4.29. The third kappa shape index (κ3) is 3.09. The second-order valence-electron chi connectivity index (χ2n) is 6.71. The lowest BCUT2D eigenvalue weighted by Crippen LogP contribution is -2.21. The molecule has 2 aliphatic carbocycles. The maximum absolute atomic E-state index is 9.67. The number of aromatic hydroxyl groups is 1. The van der Waals surface area contributed by atoms with Gasteiger partial charge in [0.05, 0.1) is 13.2 Å². The van der Waals surface area contributed by atoms with E-state index in [0.717, 1.165) is 29.9 Å². The van der Waals surface area contributed by atoms with Gasteiger partial charge >= 0.3 is 0 Å². The SMILES string of the molecule is COCCOCC1CC2CC1CC2c1ccc(O)c(C)c1. The molecule has 1 aromatic carbocycles. The average molecular weight is 290 g/mol. The molecule has 3 rings (SSSR count). The second-order valence-corrected chi connectivity index (χ2v) is 6.71. The van der Waals surface area contributed by atoms with Crippen molar-refractivity contribution < 1.29 is 14.6 Å². The summed E-state index contributed by atoms with van der Waals surface area (Å²) in [6, 6.07) is 6.13. The fraction of sp³-hybridized carbons (Fsp3) is 0.667. The van der Waals surface area contributed by atoms with Gasteiger partial charge in [-0.25, -0.2) is 0 Å². The van der Waals surface area contributed by atoms with Crippen LogP contribution >= 0.6 is 0 Å². The van der Waals surface area contributed by atoms with Gasteiger partial charge in [-0.15, -0.1) is 0 Å². The zero-order valence-corrected chi connectivity index (χ0v) is 13.0. The molecule has 0 aromatic heterocycles. The number of phenols is 1. The molecule has 116 valence electrons. The monoisotopic (exact) mass is 290 g/mol. The van der Waals surface area contributed by atoms with E-state index in [1.165, 1.54) is 24.8 Å². The first-order valence-corrected chi connectivity index (χ1v) is 8.05. The number of methoxy groups -OCH3 is 1. The summed E-state index contributed by atoms with van der Waals surface area (Å²) in [7, 11) is 1.71. The van der Waals surface area contributed by atoms with E-state index in [1.807, 2.05) is 13.0 Å². The molecule has 21 heavy (non-hydrogen) atoms. The van der Waals surface area contributed by atoms with E-state index in [0.29, 0.717) is 24.9 Å². The predicted octanol–water partition coefficient (Wildman–Crippen LogP) is 3.49. The highest BCUT2D eigenvalue weighted by atomic mass is 16.5. The Kier molecular flexibility index (Phi) is 4.51. The zero-order chi connectivity index (χ0) is 14.8. The molecule has 0 radical (unpaired) electrons. The first-order chi connectivity index (χ1) is 10.2. The molecule has 3 nitrogen and oxygen atoms in total. The van der Waals surface area contributed by atoms with Crippen molar-refractivity contribution in [3.8, 4) is 5.75 Å². The first-order valence-electron chi connectivity index (χ1n) is 8.05. The van der Waals surface area contributed by atoms with Crippen LogP contribution in [-0.2, 0) is 9.47 Å². The second kappa shape index (κ2) is 6.37. The van der Waals surface area contributed by atoms with Crippen LogP contribution in [0.2, 0.25) is 0 Å². The number of hydrogen-bond acceptors (Lipinski definition) is 3. The van der Waals surface area contributed by atoms with E-state index < -0.39 is 0 Å². The lowest BCUT2D eigenvalue weighted by Gasteiger charge is -2.28. The Morgan fingerprint density at radius 2 is 2.00 bits per heavy atom. The Hall–Kier alpha value is -1.06. The molecule has 1 aromatic rings. The van der Waals surface area contributed by atoms with E-state index in [1.54, 1.807) is 7.11 Å². The minimum atomic E-state index is 0.409. The molecule has 2 saturated carbocycles. The van der Waals surface area contributed by atoms with Crippen molar-refractivity contribution in [1.29, 1.82) is 0 Å². The third-order valence-electron chi connectivity index (χ3n) is 5.42. The van der Waals surface area contributed by atoms with E-state index in [4.69, 9.17) is 9.47 Å². The van der Waals surface area contributed by atoms with E-state index in [-0.39, 0.29) is 0 Å². The zero-order valence-electron chi connectivity index (χ0n) is 13.0. The number of benzene rings is 1. The molecular weight excluding hydrogens is 264 g/mol. The fourth-order valence-electron chi connectivity index (χ4n) is 4.29. The van der Waals surface area contributed by atoms with Crippen LogP contribution < -0.4 is 0 Å². The molecule has 0 heterocycles. The van der Waals surface area contributed by atoms with Gasteiger partial charge in [0.15, 0.2) is 0 Å². The predicted molar refractivity (Wildman–Crippen MR) is 82.6 cm³/mol. The summed E-state index contributed by atoms with van der Waals surface area (Å²) in [5, 5.41) is 9.67. The van der Waals surface area contributed by atoms with Gasteiger partial charge in [0, 0.05) is 13.7 Å². The topological polar surface area (TPSA) is 38.7 Å². The molecule has 2 fully saturated rings. The number of fused-ring (bicyclic) bond motifs is 2. The van der Waals surface area contributed by atoms with Crippen LogP contribution in [0.15, 0.2) is 18.2 Å². The van der Waals surface area contributed by atoms with Crippen LogP contribution in [-0.4, -0.2) is 32.0 Å². The quantitative estimate of drug-likeness (QED) is 0.815. The highest BCUT2D eigenvalue weighted by Gasteiger charge is 2.46. The van der Waals surface area contributed by atoms with Crippen molar-refractivity contribution in [2.45, 2.75) is 32.1 Å². The Balaban J connectivity index is 1.56. The minimum absolute atomic E-state index is 0.409. The summed E-state index contributed by atoms with van der Waals surface area (Å²) >= 11 is 0. The summed E-state index contributed by atoms with van der Waals surface area (Å²) in [4.78, 5) is 0. The number of ether oxygens (including phenoxy) is 2. The molecule has 3 heteroatoms. The van der Waals surface area contributed by atoms with E-state index >= 15 is 0 Å². The standard InChI is InChI=1S/C18H26O3/c1-12-7-13(3-4-18(12)19)17-10-14-8-15(17)9-16(14)11-21-6-5-20-2/h3-4,7,14-17,19H,5-6,8-11H2,1-2H3. The van der Waals surface area contributed by atoms with Gasteiger partial charge in [0.2, 0.25) is 0 Å². The molecule has 0 amide bonds. The Bertz CT molecular complexity index is 485. The lowest BCUT2D eigenvalue weighted by molar-refractivity contribution is 0.0385. The third-order valence-corrected chi connectivity index (χ3v) is 5.42. The summed E-state index contributed by atoms with van der Waals surface area (Å²) in [6.07, 6.45) is 3.93. The van der Waals surface area contributed by atoms with Crippen molar-refractivity contribution in [3.05, 3.63) is 29.3 Å². The summed E-state index contributed by atoms with van der Waals surface area (Å²) in [6.45, 7) is 4.28. The van der Waals surface area contributed by atoms with E-state index in [9.17, 15) is 5.11 Å². The highest BCUT2D eigenvalue weighted by molar-refractivity contribution is 5.37. The number of aryl methyl sites for hydroxylation is 1. The summed E-state index contributed by atoms with van der Waals surface area (Å²) in [5.41, 5.74) is 2.41. The van der Waals surface area contributed by atoms with E-state index in [2.05, 4.69) is 12.1 Å². The van der Waals surface area contributed by atoms with Crippen LogP contribution in [0.4, 0.5) is 0 Å². The molecule has 0 aliphatic heterocycles. The number of rotatable bonds is 6. The van der Waals surface area contributed by atoms with Crippen molar-refractivity contribution in [1.82, 2.24) is 0 Å². The van der Waals surface area contributed by atoms with Crippen LogP contribution in [0.25, 0.3) is 0 Å². The largest absolute Gasteiger partial charge is 0.508 e. The number of hydrogen-bond donors (Lipinski definition) is 1.